The van der Waals surface area contributed by atoms with Crippen molar-refractivity contribution in [1.82, 2.24) is 4.98 Å². The van der Waals surface area contributed by atoms with Gasteiger partial charge in [0.25, 0.3) is 0 Å². The van der Waals surface area contributed by atoms with Crippen LogP contribution in [0.25, 0.3) is 21.1 Å². The van der Waals surface area contributed by atoms with Crippen molar-refractivity contribution >= 4 is 34.3 Å². The number of alkyl halides is 1. The van der Waals surface area contributed by atoms with Gasteiger partial charge in [-0.25, -0.2) is 4.98 Å². The molecule has 0 saturated carbocycles. The highest BCUT2D eigenvalue weighted by atomic mass is 35.5. The topological polar surface area (TPSA) is 12.9 Å². The number of aryl methyl sites for hydroxylation is 1. The Labute approximate surface area is 131 Å². The molecule has 0 aliphatic rings. The molecule has 4 heteroatoms. The van der Waals surface area contributed by atoms with Crippen molar-refractivity contribution in [2.24, 2.45) is 0 Å². The first-order valence-electron chi connectivity index (χ1n) is 6.50. The van der Waals surface area contributed by atoms with Crippen LogP contribution >= 0.6 is 34.3 Å². The lowest BCUT2D eigenvalue weighted by Crippen LogP contribution is -1.81. The summed E-state index contributed by atoms with van der Waals surface area (Å²) < 4.78 is 0. The van der Waals surface area contributed by atoms with Gasteiger partial charge in [0, 0.05) is 10.4 Å². The summed E-state index contributed by atoms with van der Waals surface area (Å²) in [5.74, 6) is 0.512. The molecule has 0 aliphatic heterocycles. The van der Waals surface area contributed by atoms with Gasteiger partial charge in [-0.05, 0) is 23.4 Å². The molecule has 0 N–H and O–H groups in total. The normalized spacial score (nSPS) is 10.9. The Morgan fingerprint density at radius 2 is 1.95 bits per heavy atom. The van der Waals surface area contributed by atoms with Crippen molar-refractivity contribution < 1.29 is 0 Å². The number of nitrogens with zero attached hydrogens (tertiary/aromatic N) is 1. The number of hydrogen-bond donors (Lipinski definition) is 0. The van der Waals surface area contributed by atoms with Crippen LogP contribution in [0, 0.1) is 0 Å². The Morgan fingerprint density at radius 1 is 1.15 bits per heavy atom. The predicted octanol–water partition coefficient (Wildman–Crippen LogP) is 5.84. The van der Waals surface area contributed by atoms with Gasteiger partial charge in [0.05, 0.1) is 16.5 Å². The first-order valence-corrected chi connectivity index (χ1v) is 8.73. The van der Waals surface area contributed by atoms with Crippen LogP contribution in [0.2, 0.25) is 0 Å². The van der Waals surface area contributed by atoms with Crippen LogP contribution < -0.4 is 0 Å². The van der Waals surface area contributed by atoms with Crippen LogP contribution in [0.15, 0.2) is 41.8 Å². The van der Waals surface area contributed by atoms with Crippen LogP contribution in [-0.2, 0) is 12.3 Å². The average molecular weight is 320 g/mol. The molecule has 0 unspecified atom stereocenters. The Morgan fingerprint density at radius 3 is 2.55 bits per heavy atom. The zero-order chi connectivity index (χ0) is 13.9. The molecule has 20 heavy (non-hydrogen) atoms. The fourth-order valence-corrected chi connectivity index (χ4v) is 4.08. The minimum Gasteiger partial charge on any atom is -0.235 e. The molecule has 0 atom stereocenters. The number of benzene rings is 1. The van der Waals surface area contributed by atoms with Crippen molar-refractivity contribution in [2.45, 2.75) is 19.2 Å². The van der Waals surface area contributed by atoms with E-state index in [1.807, 2.05) is 6.07 Å². The number of rotatable bonds is 4. The molecule has 1 aromatic carbocycles. The zero-order valence-electron chi connectivity index (χ0n) is 11.1. The van der Waals surface area contributed by atoms with Crippen molar-refractivity contribution in [3.05, 3.63) is 52.2 Å². The van der Waals surface area contributed by atoms with Gasteiger partial charge in [-0.15, -0.1) is 34.3 Å². The number of thiophene rings is 1. The van der Waals surface area contributed by atoms with Gasteiger partial charge in [0.1, 0.15) is 5.01 Å². The van der Waals surface area contributed by atoms with Crippen molar-refractivity contribution in [3.63, 3.8) is 0 Å². The minimum atomic E-state index is 0.512. The van der Waals surface area contributed by atoms with Gasteiger partial charge in [-0.3, -0.25) is 0 Å². The smallest absolute Gasteiger partial charge is 0.124 e. The highest BCUT2D eigenvalue weighted by molar-refractivity contribution is 7.17. The molecule has 2 aromatic heterocycles. The molecule has 0 bridgehead atoms. The van der Waals surface area contributed by atoms with E-state index in [9.17, 15) is 0 Å². The third kappa shape index (κ3) is 2.66. The monoisotopic (exact) mass is 319 g/mol. The maximum Gasteiger partial charge on any atom is 0.124 e. The summed E-state index contributed by atoms with van der Waals surface area (Å²) in [6.45, 7) is 2.17. The Kier molecular flexibility index (Phi) is 4.20. The maximum atomic E-state index is 6.07. The maximum absolute atomic E-state index is 6.07. The fourth-order valence-electron chi connectivity index (χ4n) is 2.05. The second-order valence-electron chi connectivity index (χ2n) is 4.45. The summed E-state index contributed by atoms with van der Waals surface area (Å²) in [7, 11) is 0. The molecule has 2 heterocycles. The van der Waals surface area contributed by atoms with Crippen LogP contribution in [0.1, 0.15) is 17.4 Å². The Balaban J connectivity index is 2.02. The van der Waals surface area contributed by atoms with E-state index in [1.165, 1.54) is 16.0 Å². The molecule has 0 radical (unpaired) electrons. The van der Waals surface area contributed by atoms with E-state index in [2.05, 4.69) is 42.6 Å². The van der Waals surface area contributed by atoms with Gasteiger partial charge in [-0.2, -0.15) is 0 Å². The molecule has 0 fully saturated rings. The molecule has 0 spiro atoms. The molecule has 1 nitrogen and oxygen atoms in total. The largest absolute Gasteiger partial charge is 0.235 e. The number of thiazole rings is 1. The summed E-state index contributed by atoms with van der Waals surface area (Å²) in [5.41, 5.74) is 3.55. The van der Waals surface area contributed by atoms with E-state index >= 15 is 0 Å². The first kappa shape index (κ1) is 13.8. The standard InChI is InChI=1S/C16H14ClNS2/c1-2-11-5-7-12(8-6-11)16-18-15(14(10-17)20-16)13-4-3-9-19-13/h3-9H,2,10H2,1H3. The number of hydrogen-bond acceptors (Lipinski definition) is 3. The molecule has 0 amide bonds. The lowest BCUT2D eigenvalue weighted by atomic mass is 10.1. The third-order valence-electron chi connectivity index (χ3n) is 3.18. The van der Waals surface area contributed by atoms with Crippen molar-refractivity contribution in [3.8, 4) is 21.1 Å². The van der Waals surface area contributed by atoms with E-state index in [-0.39, 0.29) is 0 Å². The Bertz CT molecular complexity index is 684. The van der Waals surface area contributed by atoms with E-state index in [4.69, 9.17) is 16.6 Å². The summed E-state index contributed by atoms with van der Waals surface area (Å²) in [6.07, 6.45) is 1.06. The van der Waals surface area contributed by atoms with Crippen LogP contribution in [-0.4, -0.2) is 4.98 Å². The van der Waals surface area contributed by atoms with E-state index in [1.54, 1.807) is 22.7 Å². The van der Waals surface area contributed by atoms with Gasteiger partial charge in [0.15, 0.2) is 0 Å². The second-order valence-corrected chi connectivity index (χ2v) is 6.75. The van der Waals surface area contributed by atoms with Crippen LogP contribution in [0.4, 0.5) is 0 Å². The fraction of sp³-hybridized carbons (Fsp3) is 0.188. The van der Waals surface area contributed by atoms with Crippen LogP contribution in [0.3, 0.4) is 0 Å². The Hall–Kier alpha value is -1.16. The van der Waals surface area contributed by atoms with Crippen molar-refractivity contribution in [2.75, 3.05) is 0 Å². The molecular formula is C16H14ClNS2. The predicted molar refractivity (Wildman–Crippen MR) is 89.8 cm³/mol. The first-order chi connectivity index (χ1) is 9.81. The van der Waals surface area contributed by atoms with Crippen LogP contribution in [0.5, 0.6) is 0 Å². The molecular weight excluding hydrogens is 306 g/mol. The second kappa shape index (κ2) is 6.08. The molecule has 0 saturated heterocycles. The van der Waals surface area contributed by atoms with Gasteiger partial charge >= 0.3 is 0 Å². The third-order valence-corrected chi connectivity index (χ3v) is 5.59. The minimum absolute atomic E-state index is 0.512. The van der Waals surface area contributed by atoms with Gasteiger partial charge in [-0.1, -0.05) is 37.3 Å². The summed E-state index contributed by atoms with van der Waals surface area (Å²) in [5, 5.41) is 3.12. The van der Waals surface area contributed by atoms with E-state index in [0.29, 0.717) is 5.88 Å². The lowest BCUT2D eigenvalue weighted by molar-refractivity contribution is 1.14. The quantitative estimate of drug-likeness (QED) is 0.550. The molecule has 102 valence electrons. The van der Waals surface area contributed by atoms with Gasteiger partial charge in [0.2, 0.25) is 0 Å². The lowest BCUT2D eigenvalue weighted by Gasteiger charge is -1.98. The zero-order valence-corrected chi connectivity index (χ0v) is 13.5. The number of halogens is 1. The van der Waals surface area contributed by atoms with Crippen molar-refractivity contribution in [1.29, 1.82) is 0 Å². The summed E-state index contributed by atoms with van der Waals surface area (Å²) in [4.78, 5) is 7.12. The van der Waals surface area contributed by atoms with Gasteiger partial charge < -0.3 is 0 Å². The number of aromatic nitrogens is 1. The molecule has 3 aromatic rings. The molecule has 0 aliphatic carbocycles. The van der Waals surface area contributed by atoms with E-state index in [0.717, 1.165) is 22.0 Å². The van der Waals surface area contributed by atoms with E-state index < -0.39 is 0 Å². The SMILES string of the molecule is CCc1ccc(-c2nc(-c3cccs3)c(CCl)s2)cc1. The summed E-state index contributed by atoms with van der Waals surface area (Å²) in [6, 6.07) is 12.8. The summed E-state index contributed by atoms with van der Waals surface area (Å²) >= 11 is 9.47. The highest BCUT2D eigenvalue weighted by Gasteiger charge is 2.14. The molecule has 3 rings (SSSR count). The average Bonchev–Trinajstić information content (AvgIpc) is 3.16. The highest BCUT2D eigenvalue weighted by Crippen LogP contribution is 2.36.